The predicted molar refractivity (Wildman–Crippen MR) is 65.8 cm³/mol. The molecule has 1 aromatic heterocycles. The van der Waals surface area contributed by atoms with Crippen molar-refractivity contribution in [3.05, 3.63) is 48.2 Å². The van der Waals surface area contributed by atoms with Crippen molar-refractivity contribution >= 4 is 11.6 Å². The van der Waals surface area contributed by atoms with Crippen LogP contribution in [0.4, 0.5) is 0 Å². The van der Waals surface area contributed by atoms with E-state index >= 15 is 0 Å². The Morgan fingerprint density at radius 3 is 2.56 bits per heavy atom. The van der Waals surface area contributed by atoms with Crippen LogP contribution in [0, 0.1) is 0 Å². The lowest BCUT2D eigenvalue weighted by Crippen LogP contribution is -1.95. The maximum absolute atomic E-state index is 5.95. The van der Waals surface area contributed by atoms with Gasteiger partial charge < -0.3 is 4.74 Å². The Hall–Kier alpha value is -1.54. The highest BCUT2D eigenvalue weighted by molar-refractivity contribution is 6.17. The predicted octanol–water partition coefficient (Wildman–Crippen LogP) is 3.50. The van der Waals surface area contributed by atoms with E-state index in [9.17, 15) is 0 Å². The lowest BCUT2D eigenvalue weighted by atomic mass is 10.0. The number of aromatic nitrogens is 1. The van der Waals surface area contributed by atoms with Crippen molar-refractivity contribution in [1.29, 1.82) is 0 Å². The van der Waals surface area contributed by atoms with Crippen LogP contribution < -0.4 is 4.74 Å². The van der Waals surface area contributed by atoms with Crippen LogP contribution in [0.3, 0.4) is 0 Å². The summed E-state index contributed by atoms with van der Waals surface area (Å²) in [5, 5.41) is 0. The van der Waals surface area contributed by atoms with Crippen molar-refractivity contribution in [3.8, 4) is 17.0 Å². The van der Waals surface area contributed by atoms with Gasteiger partial charge in [-0.15, -0.1) is 11.6 Å². The number of nitrogens with zero attached hydrogens (tertiary/aromatic N) is 1. The highest BCUT2D eigenvalue weighted by atomic mass is 35.5. The van der Waals surface area contributed by atoms with Crippen LogP contribution in [-0.2, 0) is 5.88 Å². The van der Waals surface area contributed by atoms with E-state index in [4.69, 9.17) is 16.3 Å². The summed E-state index contributed by atoms with van der Waals surface area (Å²) in [5.74, 6) is 0.984. The van der Waals surface area contributed by atoms with Crippen LogP contribution in [0.15, 0.2) is 42.6 Å². The lowest BCUT2D eigenvalue weighted by Gasteiger charge is -2.10. The molecule has 0 radical (unpaired) electrons. The second-order valence-electron chi connectivity index (χ2n) is 3.35. The Balaban J connectivity index is 2.57. The van der Waals surface area contributed by atoms with Crippen molar-refractivity contribution in [3.63, 3.8) is 0 Å². The number of rotatable bonds is 3. The van der Waals surface area contributed by atoms with Gasteiger partial charge in [-0.2, -0.15) is 0 Å². The van der Waals surface area contributed by atoms with Crippen LogP contribution in [0.2, 0.25) is 0 Å². The molecular formula is C13H12ClNO. The number of benzene rings is 1. The highest BCUT2D eigenvalue weighted by Gasteiger charge is 2.10. The molecule has 0 atom stereocenters. The van der Waals surface area contributed by atoms with Crippen molar-refractivity contribution in [2.75, 3.05) is 7.11 Å². The highest BCUT2D eigenvalue weighted by Crippen LogP contribution is 2.29. The van der Waals surface area contributed by atoms with E-state index in [1.165, 1.54) is 0 Å². The van der Waals surface area contributed by atoms with Gasteiger partial charge in [-0.3, -0.25) is 0 Å². The molecule has 0 aliphatic carbocycles. The normalized spacial score (nSPS) is 10.1. The first-order valence-corrected chi connectivity index (χ1v) is 5.53. The van der Waals surface area contributed by atoms with Crippen LogP contribution in [0.1, 0.15) is 5.56 Å². The first-order valence-electron chi connectivity index (χ1n) is 5.00. The Morgan fingerprint density at radius 2 is 1.94 bits per heavy atom. The van der Waals surface area contributed by atoms with Crippen molar-refractivity contribution < 1.29 is 4.74 Å². The number of pyridine rings is 1. The first-order chi connectivity index (χ1) is 7.86. The summed E-state index contributed by atoms with van der Waals surface area (Å²) in [4.78, 5) is 4.15. The van der Waals surface area contributed by atoms with Gasteiger partial charge in [0.05, 0.1) is 13.0 Å². The molecule has 16 heavy (non-hydrogen) atoms. The van der Waals surface area contributed by atoms with E-state index in [2.05, 4.69) is 4.98 Å². The van der Waals surface area contributed by atoms with Gasteiger partial charge in [0.15, 0.2) is 0 Å². The van der Waals surface area contributed by atoms with Gasteiger partial charge >= 0.3 is 0 Å². The molecule has 2 rings (SSSR count). The zero-order valence-corrected chi connectivity index (χ0v) is 9.74. The fourth-order valence-electron chi connectivity index (χ4n) is 1.67. The van der Waals surface area contributed by atoms with Gasteiger partial charge in [-0.05, 0) is 17.2 Å². The minimum atomic E-state index is 0.390. The SMILES string of the molecule is COc1nccc(-c2ccccc2)c1CCl. The van der Waals surface area contributed by atoms with Crippen LogP contribution in [0.25, 0.3) is 11.1 Å². The van der Waals surface area contributed by atoms with Gasteiger partial charge in [0.25, 0.3) is 0 Å². The second-order valence-corrected chi connectivity index (χ2v) is 3.61. The Morgan fingerprint density at radius 1 is 1.19 bits per heavy atom. The zero-order chi connectivity index (χ0) is 11.4. The fraction of sp³-hybridized carbons (Fsp3) is 0.154. The largest absolute Gasteiger partial charge is 0.481 e. The quantitative estimate of drug-likeness (QED) is 0.757. The van der Waals surface area contributed by atoms with Crippen LogP contribution >= 0.6 is 11.6 Å². The van der Waals surface area contributed by atoms with Gasteiger partial charge in [-0.1, -0.05) is 30.3 Å². The second kappa shape index (κ2) is 4.99. The number of alkyl halides is 1. The minimum absolute atomic E-state index is 0.390. The number of ether oxygens (including phenoxy) is 1. The summed E-state index contributed by atoms with van der Waals surface area (Å²) in [6.45, 7) is 0. The van der Waals surface area contributed by atoms with Gasteiger partial charge in [0.1, 0.15) is 0 Å². The molecule has 0 unspecified atom stereocenters. The molecule has 0 amide bonds. The molecule has 0 saturated heterocycles. The molecular weight excluding hydrogens is 222 g/mol. The molecule has 0 saturated carbocycles. The van der Waals surface area contributed by atoms with E-state index in [-0.39, 0.29) is 0 Å². The molecule has 0 N–H and O–H groups in total. The molecule has 0 aliphatic heterocycles. The maximum atomic E-state index is 5.95. The smallest absolute Gasteiger partial charge is 0.218 e. The average Bonchev–Trinajstić information content (AvgIpc) is 2.38. The summed E-state index contributed by atoms with van der Waals surface area (Å²) in [5.41, 5.74) is 3.12. The third-order valence-electron chi connectivity index (χ3n) is 2.43. The first kappa shape index (κ1) is 11.0. The average molecular weight is 234 g/mol. The standard InChI is InChI=1S/C13H12ClNO/c1-16-13-12(9-14)11(7-8-15-13)10-5-3-2-4-6-10/h2-8H,9H2,1H3. The van der Waals surface area contributed by atoms with Crippen molar-refractivity contribution in [2.24, 2.45) is 0 Å². The van der Waals surface area contributed by atoms with Gasteiger partial charge in [0, 0.05) is 11.8 Å². The number of methoxy groups -OCH3 is 1. The van der Waals surface area contributed by atoms with E-state index in [0.717, 1.165) is 16.7 Å². The summed E-state index contributed by atoms with van der Waals surface area (Å²) >= 11 is 5.95. The van der Waals surface area contributed by atoms with E-state index in [1.807, 2.05) is 36.4 Å². The van der Waals surface area contributed by atoms with Gasteiger partial charge in [-0.25, -0.2) is 4.98 Å². The molecule has 1 heterocycles. The Kier molecular flexibility index (Phi) is 3.42. The molecule has 82 valence electrons. The molecule has 0 bridgehead atoms. The molecule has 3 heteroatoms. The van der Waals surface area contributed by atoms with Crippen LogP contribution in [0.5, 0.6) is 5.88 Å². The lowest BCUT2D eigenvalue weighted by molar-refractivity contribution is 0.394. The van der Waals surface area contributed by atoms with E-state index in [1.54, 1.807) is 13.3 Å². The molecule has 0 fully saturated rings. The zero-order valence-electron chi connectivity index (χ0n) is 8.98. The number of hydrogen-bond acceptors (Lipinski definition) is 2. The minimum Gasteiger partial charge on any atom is -0.481 e. The Labute approximate surface area is 99.9 Å². The molecule has 0 spiro atoms. The fourth-order valence-corrected chi connectivity index (χ4v) is 1.92. The number of hydrogen-bond donors (Lipinski definition) is 0. The maximum Gasteiger partial charge on any atom is 0.218 e. The van der Waals surface area contributed by atoms with E-state index < -0.39 is 0 Å². The molecule has 2 nitrogen and oxygen atoms in total. The monoisotopic (exact) mass is 233 g/mol. The van der Waals surface area contributed by atoms with Crippen molar-refractivity contribution in [2.45, 2.75) is 5.88 Å². The third kappa shape index (κ3) is 2.02. The Bertz CT molecular complexity index is 471. The third-order valence-corrected chi connectivity index (χ3v) is 2.70. The molecule has 1 aromatic carbocycles. The molecule has 0 aliphatic rings. The van der Waals surface area contributed by atoms with E-state index in [0.29, 0.717) is 11.8 Å². The van der Waals surface area contributed by atoms with Crippen LogP contribution in [-0.4, -0.2) is 12.1 Å². The number of halogens is 1. The van der Waals surface area contributed by atoms with Crippen molar-refractivity contribution in [1.82, 2.24) is 4.98 Å². The molecule has 2 aromatic rings. The topological polar surface area (TPSA) is 22.1 Å². The summed E-state index contributed by atoms with van der Waals surface area (Å²) < 4.78 is 5.20. The van der Waals surface area contributed by atoms with Gasteiger partial charge in [0.2, 0.25) is 5.88 Å². The summed E-state index contributed by atoms with van der Waals surface area (Å²) in [6.07, 6.45) is 1.73. The summed E-state index contributed by atoms with van der Waals surface area (Å²) in [6, 6.07) is 12.0. The summed E-state index contributed by atoms with van der Waals surface area (Å²) in [7, 11) is 1.60.